The smallest absolute Gasteiger partial charge is 0.344 e. The lowest BCUT2D eigenvalue weighted by Gasteiger charge is -2.29. The summed E-state index contributed by atoms with van der Waals surface area (Å²) in [5.41, 5.74) is 2.03. The Bertz CT molecular complexity index is 805. The fraction of sp³-hybridized carbons (Fsp3) is 0.333. The predicted octanol–water partition coefficient (Wildman–Crippen LogP) is 2.99. The number of aryl methyl sites for hydroxylation is 1. The molecule has 2 aromatic rings. The third-order valence-corrected chi connectivity index (χ3v) is 4.26. The van der Waals surface area contributed by atoms with E-state index in [9.17, 15) is 9.59 Å². The SMILES string of the molecule is CCOc1ccccc1OCC(=O)OCC(=O)N1CCCc2ccccc21. The molecule has 0 spiro atoms. The molecule has 0 aromatic heterocycles. The lowest BCUT2D eigenvalue weighted by molar-refractivity contribution is -0.149. The van der Waals surface area contributed by atoms with Gasteiger partial charge in [-0.25, -0.2) is 4.79 Å². The second kappa shape index (κ2) is 9.07. The summed E-state index contributed by atoms with van der Waals surface area (Å²) >= 11 is 0. The van der Waals surface area contributed by atoms with Crippen LogP contribution >= 0.6 is 0 Å². The molecule has 2 aromatic carbocycles. The van der Waals surface area contributed by atoms with Crippen molar-refractivity contribution < 1.29 is 23.8 Å². The molecule has 27 heavy (non-hydrogen) atoms. The van der Waals surface area contributed by atoms with E-state index in [1.165, 1.54) is 0 Å². The molecule has 142 valence electrons. The van der Waals surface area contributed by atoms with Crippen LogP contribution < -0.4 is 14.4 Å². The van der Waals surface area contributed by atoms with Gasteiger partial charge in [0.25, 0.3) is 5.91 Å². The van der Waals surface area contributed by atoms with Crippen LogP contribution in [0.3, 0.4) is 0 Å². The Morgan fingerprint density at radius 3 is 2.44 bits per heavy atom. The predicted molar refractivity (Wildman–Crippen MR) is 101 cm³/mol. The Labute approximate surface area is 158 Å². The second-order valence-corrected chi connectivity index (χ2v) is 6.11. The van der Waals surface area contributed by atoms with E-state index in [1.54, 1.807) is 23.1 Å². The third-order valence-electron chi connectivity index (χ3n) is 4.26. The summed E-state index contributed by atoms with van der Waals surface area (Å²) in [5.74, 6) is 0.201. The molecule has 0 aliphatic carbocycles. The van der Waals surface area contributed by atoms with Crippen molar-refractivity contribution >= 4 is 17.6 Å². The van der Waals surface area contributed by atoms with Crippen LogP contribution in [0.2, 0.25) is 0 Å². The number of benzene rings is 2. The second-order valence-electron chi connectivity index (χ2n) is 6.11. The zero-order chi connectivity index (χ0) is 19.1. The standard InChI is InChI=1S/C21H23NO5/c1-2-25-18-11-5-6-12-19(18)26-15-21(24)27-14-20(23)22-13-7-9-16-8-3-4-10-17(16)22/h3-6,8,10-12H,2,7,9,13-15H2,1H3. The minimum atomic E-state index is -0.597. The van der Waals surface area contributed by atoms with Crippen LogP contribution in [0.25, 0.3) is 0 Å². The minimum absolute atomic E-state index is 0.231. The number of nitrogens with zero attached hydrogens (tertiary/aromatic N) is 1. The Morgan fingerprint density at radius 2 is 1.67 bits per heavy atom. The van der Waals surface area contributed by atoms with Crippen LogP contribution in [0.1, 0.15) is 18.9 Å². The van der Waals surface area contributed by atoms with Crippen LogP contribution in [-0.4, -0.2) is 38.2 Å². The van der Waals surface area contributed by atoms with Crippen molar-refractivity contribution in [3.8, 4) is 11.5 Å². The van der Waals surface area contributed by atoms with Crippen molar-refractivity contribution in [2.45, 2.75) is 19.8 Å². The van der Waals surface area contributed by atoms with E-state index in [-0.39, 0.29) is 19.1 Å². The molecule has 0 radical (unpaired) electrons. The molecule has 0 atom stereocenters. The van der Waals surface area contributed by atoms with E-state index in [2.05, 4.69) is 0 Å². The van der Waals surface area contributed by atoms with Gasteiger partial charge in [0.1, 0.15) is 0 Å². The fourth-order valence-electron chi connectivity index (χ4n) is 3.04. The third kappa shape index (κ3) is 4.78. The van der Waals surface area contributed by atoms with Gasteiger partial charge in [0.15, 0.2) is 24.7 Å². The maximum absolute atomic E-state index is 12.5. The van der Waals surface area contributed by atoms with Gasteiger partial charge in [0.2, 0.25) is 0 Å². The highest BCUT2D eigenvalue weighted by Crippen LogP contribution is 2.27. The maximum Gasteiger partial charge on any atom is 0.344 e. The van der Waals surface area contributed by atoms with Gasteiger partial charge in [0, 0.05) is 12.2 Å². The van der Waals surface area contributed by atoms with E-state index < -0.39 is 5.97 Å². The largest absolute Gasteiger partial charge is 0.490 e. The summed E-state index contributed by atoms with van der Waals surface area (Å²) in [6.07, 6.45) is 1.85. The van der Waals surface area contributed by atoms with Crippen molar-refractivity contribution in [1.29, 1.82) is 0 Å². The lowest BCUT2D eigenvalue weighted by Crippen LogP contribution is -2.38. The number of anilines is 1. The summed E-state index contributed by atoms with van der Waals surface area (Å²) in [6.45, 7) is 2.41. The van der Waals surface area contributed by atoms with E-state index in [1.807, 2.05) is 37.3 Å². The van der Waals surface area contributed by atoms with Crippen LogP contribution in [0.15, 0.2) is 48.5 Å². The molecule has 0 N–H and O–H groups in total. The number of esters is 1. The van der Waals surface area contributed by atoms with Gasteiger partial charge < -0.3 is 19.1 Å². The first-order valence-corrected chi connectivity index (χ1v) is 9.07. The van der Waals surface area contributed by atoms with Crippen molar-refractivity contribution in [2.75, 3.05) is 31.3 Å². The average molecular weight is 369 g/mol. The molecule has 0 saturated heterocycles. The van der Waals surface area contributed by atoms with Crippen LogP contribution in [0.5, 0.6) is 11.5 Å². The summed E-state index contributed by atoms with van der Waals surface area (Å²) in [6, 6.07) is 14.9. The number of rotatable bonds is 7. The van der Waals surface area contributed by atoms with Crippen molar-refractivity contribution in [3.05, 3.63) is 54.1 Å². The molecule has 6 heteroatoms. The van der Waals surface area contributed by atoms with Gasteiger partial charge in [-0.1, -0.05) is 30.3 Å². The molecule has 0 fully saturated rings. The molecule has 6 nitrogen and oxygen atoms in total. The van der Waals surface area contributed by atoms with Crippen molar-refractivity contribution in [1.82, 2.24) is 0 Å². The summed E-state index contributed by atoms with van der Waals surface area (Å²) < 4.78 is 16.0. The quantitative estimate of drug-likeness (QED) is 0.702. The molecule has 1 aliphatic heterocycles. The number of para-hydroxylation sites is 3. The summed E-state index contributed by atoms with van der Waals surface area (Å²) in [4.78, 5) is 26.1. The molecule has 1 aliphatic rings. The first-order chi connectivity index (χ1) is 13.2. The molecule has 1 amide bonds. The Kier molecular flexibility index (Phi) is 6.30. The lowest BCUT2D eigenvalue weighted by atomic mass is 10.0. The van der Waals surface area contributed by atoms with Gasteiger partial charge >= 0.3 is 5.97 Å². The summed E-state index contributed by atoms with van der Waals surface area (Å²) in [5, 5.41) is 0. The van der Waals surface area contributed by atoms with E-state index in [0.717, 1.165) is 24.1 Å². The zero-order valence-electron chi connectivity index (χ0n) is 15.3. The number of ether oxygens (including phenoxy) is 3. The van der Waals surface area contributed by atoms with Gasteiger partial charge in [0.05, 0.1) is 6.61 Å². The van der Waals surface area contributed by atoms with Crippen molar-refractivity contribution in [3.63, 3.8) is 0 Å². The molecule has 1 heterocycles. The van der Waals surface area contributed by atoms with E-state index in [4.69, 9.17) is 14.2 Å². The van der Waals surface area contributed by atoms with Gasteiger partial charge in [-0.15, -0.1) is 0 Å². The Morgan fingerprint density at radius 1 is 0.963 bits per heavy atom. The number of carbonyl (C=O) groups excluding carboxylic acids is 2. The monoisotopic (exact) mass is 369 g/mol. The van der Waals surface area contributed by atoms with Gasteiger partial charge in [-0.2, -0.15) is 0 Å². The first-order valence-electron chi connectivity index (χ1n) is 9.07. The molecular weight excluding hydrogens is 346 g/mol. The molecule has 0 unspecified atom stereocenters. The van der Waals surface area contributed by atoms with Crippen LogP contribution in [0, 0.1) is 0 Å². The number of fused-ring (bicyclic) bond motifs is 1. The number of amides is 1. The van der Waals surface area contributed by atoms with Crippen LogP contribution in [0.4, 0.5) is 5.69 Å². The zero-order valence-corrected chi connectivity index (χ0v) is 15.3. The average Bonchev–Trinajstić information content (AvgIpc) is 2.71. The normalized spacial score (nSPS) is 12.9. The Balaban J connectivity index is 1.51. The fourth-order valence-corrected chi connectivity index (χ4v) is 3.04. The van der Waals surface area contributed by atoms with Gasteiger partial charge in [-0.05, 0) is 43.5 Å². The summed E-state index contributed by atoms with van der Waals surface area (Å²) in [7, 11) is 0. The molecular formula is C21H23NO5. The van der Waals surface area contributed by atoms with Gasteiger partial charge in [-0.3, -0.25) is 4.79 Å². The highest BCUT2D eigenvalue weighted by molar-refractivity contribution is 5.96. The minimum Gasteiger partial charge on any atom is -0.490 e. The molecule has 0 bridgehead atoms. The van der Waals surface area contributed by atoms with E-state index >= 15 is 0 Å². The highest BCUT2D eigenvalue weighted by atomic mass is 16.6. The number of carbonyl (C=O) groups is 2. The Hall–Kier alpha value is -3.02. The molecule has 0 saturated carbocycles. The maximum atomic E-state index is 12.5. The molecule has 3 rings (SSSR count). The highest BCUT2D eigenvalue weighted by Gasteiger charge is 2.23. The van der Waals surface area contributed by atoms with Crippen molar-refractivity contribution in [2.24, 2.45) is 0 Å². The van der Waals surface area contributed by atoms with Crippen LogP contribution in [-0.2, 0) is 20.7 Å². The van der Waals surface area contributed by atoms with E-state index in [0.29, 0.717) is 24.7 Å². The number of hydrogen-bond acceptors (Lipinski definition) is 5. The number of hydrogen-bond donors (Lipinski definition) is 0. The first kappa shape index (κ1) is 18.8. The topological polar surface area (TPSA) is 65.1 Å².